The van der Waals surface area contributed by atoms with E-state index < -0.39 is 10.9 Å². The van der Waals surface area contributed by atoms with Crippen LogP contribution in [0.15, 0.2) is 42.5 Å². The van der Waals surface area contributed by atoms with E-state index >= 15 is 0 Å². The molecule has 0 aromatic heterocycles. The van der Waals surface area contributed by atoms with Gasteiger partial charge in [0, 0.05) is 11.8 Å². The first-order valence-corrected chi connectivity index (χ1v) is 8.09. The van der Waals surface area contributed by atoms with E-state index in [1.807, 2.05) is 31.2 Å². The number of aryl methyl sites for hydroxylation is 1. The van der Waals surface area contributed by atoms with Crippen LogP contribution >= 0.6 is 0 Å². The second kappa shape index (κ2) is 7.22. The Balaban J connectivity index is 1.79. The number of nitrogens with zero attached hydrogens (tertiary/aromatic N) is 2. The van der Waals surface area contributed by atoms with Crippen LogP contribution in [0.1, 0.15) is 12.5 Å². The summed E-state index contributed by atoms with van der Waals surface area (Å²) in [6.07, 6.45) is 0.777. The Hall–Kier alpha value is -3.42. The van der Waals surface area contributed by atoms with Gasteiger partial charge in [0.15, 0.2) is 5.75 Å². The van der Waals surface area contributed by atoms with Gasteiger partial charge in [-0.25, -0.2) is 4.79 Å². The highest BCUT2D eigenvalue weighted by Crippen LogP contribution is 2.35. The van der Waals surface area contributed by atoms with Crippen molar-refractivity contribution in [2.24, 2.45) is 0 Å². The number of rotatable bonds is 5. The molecule has 2 aromatic rings. The van der Waals surface area contributed by atoms with Crippen LogP contribution in [0.5, 0.6) is 5.75 Å². The molecule has 0 saturated carbocycles. The predicted octanol–water partition coefficient (Wildman–Crippen LogP) is 2.52. The summed E-state index contributed by atoms with van der Waals surface area (Å²) < 4.78 is 5.07. The standard InChI is InChI=1S/C18H17N3O5/c1-2-12-5-3-4-6-14(12)19-17(22)10-20-11-18(23)26-16-9-13(21(24)25)7-8-15(16)20/h3-9H,2,10-11H2,1H3,(H,19,22). The first-order valence-electron chi connectivity index (χ1n) is 8.09. The lowest BCUT2D eigenvalue weighted by Gasteiger charge is -2.29. The number of fused-ring (bicyclic) bond motifs is 1. The topological polar surface area (TPSA) is 102 Å². The van der Waals surface area contributed by atoms with Crippen molar-refractivity contribution in [3.05, 3.63) is 58.1 Å². The molecule has 1 heterocycles. The Morgan fingerprint density at radius 2 is 2.08 bits per heavy atom. The van der Waals surface area contributed by atoms with E-state index in [0.29, 0.717) is 5.69 Å². The van der Waals surface area contributed by atoms with Crippen molar-refractivity contribution in [1.82, 2.24) is 0 Å². The Labute approximate surface area is 149 Å². The van der Waals surface area contributed by atoms with Gasteiger partial charge in [-0.3, -0.25) is 14.9 Å². The van der Waals surface area contributed by atoms with Crippen LogP contribution in [0.3, 0.4) is 0 Å². The van der Waals surface area contributed by atoms with Gasteiger partial charge in [0.2, 0.25) is 5.91 Å². The molecule has 0 unspecified atom stereocenters. The van der Waals surface area contributed by atoms with Crippen molar-refractivity contribution < 1.29 is 19.2 Å². The monoisotopic (exact) mass is 355 g/mol. The molecule has 3 rings (SSSR count). The third-order valence-electron chi connectivity index (χ3n) is 4.05. The molecule has 134 valence electrons. The molecule has 0 bridgehead atoms. The minimum atomic E-state index is -0.570. The summed E-state index contributed by atoms with van der Waals surface area (Å²) in [4.78, 5) is 36.1. The number of nitrogens with one attached hydrogen (secondary N) is 1. The third-order valence-corrected chi connectivity index (χ3v) is 4.05. The largest absolute Gasteiger partial charge is 0.423 e. The number of esters is 1. The van der Waals surface area contributed by atoms with Crippen LogP contribution < -0.4 is 15.0 Å². The van der Waals surface area contributed by atoms with Gasteiger partial charge in [-0.1, -0.05) is 25.1 Å². The fraction of sp³-hybridized carbons (Fsp3) is 0.222. The molecule has 0 fully saturated rings. The van der Waals surface area contributed by atoms with E-state index in [0.717, 1.165) is 17.7 Å². The molecule has 0 saturated heterocycles. The number of anilines is 2. The fourth-order valence-electron chi connectivity index (χ4n) is 2.81. The first kappa shape index (κ1) is 17.4. The van der Waals surface area contributed by atoms with Crippen LogP contribution in [0.25, 0.3) is 0 Å². The number of carbonyl (C=O) groups is 2. The average molecular weight is 355 g/mol. The summed E-state index contributed by atoms with van der Waals surface area (Å²) in [5.41, 5.74) is 2.02. The van der Waals surface area contributed by atoms with Crippen LogP contribution in [0.2, 0.25) is 0 Å². The zero-order valence-electron chi connectivity index (χ0n) is 14.1. The number of hydrogen-bond donors (Lipinski definition) is 1. The number of carbonyl (C=O) groups excluding carboxylic acids is 2. The van der Waals surface area contributed by atoms with Crippen molar-refractivity contribution in [2.75, 3.05) is 23.3 Å². The van der Waals surface area contributed by atoms with Gasteiger partial charge >= 0.3 is 5.97 Å². The lowest BCUT2D eigenvalue weighted by atomic mass is 10.1. The molecule has 8 heteroatoms. The number of hydrogen-bond acceptors (Lipinski definition) is 6. The number of nitro groups is 1. The van der Waals surface area contributed by atoms with Gasteiger partial charge in [-0.2, -0.15) is 0 Å². The zero-order valence-corrected chi connectivity index (χ0v) is 14.1. The van der Waals surface area contributed by atoms with Gasteiger partial charge in [0.25, 0.3) is 5.69 Å². The molecular formula is C18H17N3O5. The number of benzene rings is 2. The lowest BCUT2D eigenvalue weighted by Crippen LogP contribution is -2.41. The fourth-order valence-corrected chi connectivity index (χ4v) is 2.81. The highest BCUT2D eigenvalue weighted by atomic mass is 16.6. The van der Waals surface area contributed by atoms with E-state index in [1.165, 1.54) is 23.1 Å². The predicted molar refractivity (Wildman–Crippen MR) is 95.4 cm³/mol. The Kier molecular flexibility index (Phi) is 4.83. The first-order chi connectivity index (χ1) is 12.5. The van der Waals surface area contributed by atoms with Crippen molar-refractivity contribution >= 4 is 28.9 Å². The molecule has 26 heavy (non-hydrogen) atoms. The number of para-hydroxylation sites is 1. The second-order valence-corrected chi connectivity index (χ2v) is 5.80. The summed E-state index contributed by atoms with van der Waals surface area (Å²) in [6, 6.07) is 11.5. The maximum Gasteiger partial charge on any atom is 0.331 e. The molecule has 1 aliphatic heterocycles. The SMILES string of the molecule is CCc1ccccc1NC(=O)CN1CC(=O)Oc2cc([N+](=O)[O-])ccc21. The van der Waals surface area contributed by atoms with Crippen molar-refractivity contribution in [3.8, 4) is 5.75 Å². The quantitative estimate of drug-likeness (QED) is 0.383. The highest BCUT2D eigenvalue weighted by Gasteiger charge is 2.27. The highest BCUT2D eigenvalue weighted by molar-refractivity contribution is 5.97. The summed E-state index contributed by atoms with van der Waals surface area (Å²) >= 11 is 0. The second-order valence-electron chi connectivity index (χ2n) is 5.80. The van der Waals surface area contributed by atoms with E-state index in [4.69, 9.17) is 4.74 Å². The normalized spacial score (nSPS) is 13.0. The zero-order chi connectivity index (χ0) is 18.7. The Bertz CT molecular complexity index is 881. The van der Waals surface area contributed by atoms with Gasteiger partial charge in [0.05, 0.1) is 23.2 Å². The van der Waals surface area contributed by atoms with Gasteiger partial charge in [-0.05, 0) is 24.1 Å². The summed E-state index contributed by atoms with van der Waals surface area (Å²) in [7, 11) is 0. The van der Waals surface area contributed by atoms with Crippen molar-refractivity contribution in [3.63, 3.8) is 0 Å². The molecule has 0 atom stereocenters. The molecule has 0 radical (unpaired) electrons. The minimum absolute atomic E-state index is 0.0715. The summed E-state index contributed by atoms with van der Waals surface area (Å²) in [5, 5.41) is 13.7. The molecule has 2 aromatic carbocycles. The van der Waals surface area contributed by atoms with E-state index in [9.17, 15) is 19.7 Å². The van der Waals surface area contributed by atoms with Crippen molar-refractivity contribution in [1.29, 1.82) is 0 Å². The van der Waals surface area contributed by atoms with E-state index in [-0.39, 0.29) is 30.4 Å². The Morgan fingerprint density at radius 1 is 1.31 bits per heavy atom. The number of ether oxygens (including phenoxy) is 1. The minimum Gasteiger partial charge on any atom is -0.423 e. The molecule has 1 N–H and O–H groups in total. The maximum absolute atomic E-state index is 12.4. The molecule has 1 aliphatic rings. The number of nitro benzene ring substituents is 1. The Morgan fingerprint density at radius 3 is 2.81 bits per heavy atom. The van der Waals surface area contributed by atoms with E-state index in [2.05, 4.69) is 5.32 Å². The van der Waals surface area contributed by atoms with E-state index in [1.54, 1.807) is 0 Å². The molecule has 8 nitrogen and oxygen atoms in total. The van der Waals surface area contributed by atoms with Gasteiger partial charge in [0.1, 0.15) is 6.54 Å². The van der Waals surface area contributed by atoms with Crippen LogP contribution in [0.4, 0.5) is 17.1 Å². The van der Waals surface area contributed by atoms with Gasteiger partial charge in [-0.15, -0.1) is 0 Å². The molecule has 0 spiro atoms. The van der Waals surface area contributed by atoms with Crippen LogP contribution in [-0.4, -0.2) is 29.9 Å². The maximum atomic E-state index is 12.4. The average Bonchev–Trinajstić information content (AvgIpc) is 2.61. The van der Waals surface area contributed by atoms with Crippen LogP contribution in [-0.2, 0) is 16.0 Å². The van der Waals surface area contributed by atoms with Gasteiger partial charge < -0.3 is 15.0 Å². The molecule has 0 aliphatic carbocycles. The lowest BCUT2D eigenvalue weighted by molar-refractivity contribution is -0.384. The summed E-state index contributed by atoms with van der Waals surface area (Å²) in [5.74, 6) is -0.776. The van der Waals surface area contributed by atoms with Crippen LogP contribution in [0, 0.1) is 10.1 Å². The number of amides is 1. The number of non-ortho nitro benzene ring substituents is 1. The molecular weight excluding hydrogens is 338 g/mol. The molecule has 1 amide bonds. The van der Waals surface area contributed by atoms with Crippen molar-refractivity contribution in [2.45, 2.75) is 13.3 Å². The smallest absolute Gasteiger partial charge is 0.331 e. The third kappa shape index (κ3) is 3.64. The summed E-state index contributed by atoms with van der Waals surface area (Å²) in [6.45, 7) is 1.82.